The van der Waals surface area contributed by atoms with Gasteiger partial charge in [-0.25, -0.2) is 0 Å². The normalized spacial score (nSPS) is 11.1. The Morgan fingerprint density at radius 3 is 1.89 bits per heavy atom. The number of benzene rings is 1. The quantitative estimate of drug-likeness (QED) is 0.853. The Kier molecular flexibility index (Phi) is 4.89. The first-order valence-electron chi connectivity index (χ1n) is 6.12. The van der Waals surface area contributed by atoms with Crippen molar-refractivity contribution >= 4 is 5.69 Å². The number of methoxy groups -OCH3 is 3. The second-order valence-electron chi connectivity index (χ2n) is 5.22. The van der Waals surface area contributed by atoms with E-state index in [0.717, 1.165) is 11.4 Å². The topological polar surface area (TPSA) is 57.0 Å². The molecule has 0 aromatic heterocycles. The van der Waals surface area contributed by atoms with Crippen molar-refractivity contribution in [3.63, 3.8) is 0 Å². The van der Waals surface area contributed by atoms with Gasteiger partial charge in [-0.1, -0.05) is 0 Å². The molecule has 0 spiro atoms. The van der Waals surface area contributed by atoms with Gasteiger partial charge in [0.25, 0.3) is 0 Å². The van der Waals surface area contributed by atoms with Crippen molar-refractivity contribution in [2.45, 2.75) is 19.4 Å². The van der Waals surface area contributed by atoms with Gasteiger partial charge in [-0.15, -0.1) is 0 Å². The molecule has 0 aliphatic rings. The van der Waals surface area contributed by atoms with E-state index in [0.29, 0.717) is 18.0 Å². The van der Waals surface area contributed by atoms with Crippen LogP contribution in [0.1, 0.15) is 13.8 Å². The van der Waals surface area contributed by atoms with Crippen LogP contribution < -0.4 is 24.8 Å². The summed E-state index contributed by atoms with van der Waals surface area (Å²) in [6.07, 6.45) is 0. The van der Waals surface area contributed by atoms with E-state index in [2.05, 4.69) is 0 Å². The predicted molar refractivity (Wildman–Crippen MR) is 77.6 cm³/mol. The van der Waals surface area contributed by atoms with E-state index in [-0.39, 0.29) is 5.54 Å². The van der Waals surface area contributed by atoms with Crippen molar-refractivity contribution in [3.05, 3.63) is 12.1 Å². The van der Waals surface area contributed by atoms with Crippen molar-refractivity contribution in [1.29, 1.82) is 0 Å². The van der Waals surface area contributed by atoms with Gasteiger partial charge in [-0.2, -0.15) is 0 Å². The molecule has 5 nitrogen and oxygen atoms in total. The monoisotopic (exact) mass is 268 g/mol. The minimum Gasteiger partial charge on any atom is -0.494 e. The Labute approximate surface area is 115 Å². The average Bonchev–Trinajstić information content (AvgIpc) is 2.34. The maximum absolute atomic E-state index is 6.05. The molecule has 0 aliphatic heterocycles. The van der Waals surface area contributed by atoms with Crippen molar-refractivity contribution in [1.82, 2.24) is 0 Å². The molecule has 2 N–H and O–H groups in total. The third kappa shape index (κ3) is 3.92. The molecule has 5 heteroatoms. The molecule has 0 amide bonds. The van der Waals surface area contributed by atoms with Gasteiger partial charge < -0.3 is 24.8 Å². The van der Waals surface area contributed by atoms with E-state index in [1.807, 2.05) is 37.9 Å². The first-order valence-corrected chi connectivity index (χ1v) is 6.12. The largest absolute Gasteiger partial charge is 0.494 e. The second-order valence-corrected chi connectivity index (χ2v) is 5.22. The molecule has 0 unspecified atom stereocenters. The Hall–Kier alpha value is -1.62. The number of rotatable bonds is 6. The summed E-state index contributed by atoms with van der Waals surface area (Å²) >= 11 is 0. The highest BCUT2D eigenvalue weighted by atomic mass is 16.5. The zero-order chi connectivity index (χ0) is 14.6. The molecular weight excluding hydrogens is 244 g/mol. The molecule has 0 fully saturated rings. The maximum Gasteiger partial charge on any atom is 0.164 e. The molecule has 0 saturated carbocycles. The second kappa shape index (κ2) is 6.02. The smallest absolute Gasteiger partial charge is 0.164 e. The maximum atomic E-state index is 6.05. The van der Waals surface area contributed by atoms with E-state index < -0.39 is 0 Å². The highest BCUT2D eigenvalue weighted by molar-refractivity contribution is 5.65. The van der Waals surface area contributed by atoms with Gasteiger partial charge in [0.1, 0.15) is 5.75 Å². The van der Waals surface area contributed by atoms with Gasteiger partial charge >= 0.3 is 0 Å². The van der Waals surface area contributed by atoms with Gasteiger partial charge in [0, 0.05) is 31.3 Å². The van der Waals surface area contributed by atoms with Gasteiger partial charge in [0.05, 0.1) is 27.0 Å². The molecule has 1 aromatic carbocycles. The lowest BCUT2D eigenvalue weighted by Gasteiger charge is -2.29. The molecule has 0 radical (unpaired) electrons. The molecule has 1 rings (SSSR count). The van der Waals surface area contributed by atoms with Crippen LogP contribution in [0.3, 0.4) is 0 Å². The van der Waals surface area contributed by atoms with Crippen LogP contribution >= 0.6 is 0 Å². The average molecular weight is 268 g/mol. The van der Waals surface area contributed by atoms with Crippen molar-refractivity contribution in [2.24, 2.45) is 5.73 Å². The third-order valence-corrected chi connectivity index (χ3v) is 2.74. The van der Waals surface area contributed by atoms with E-state index in [1.165, 1.54) is 0 Å². The Bertz CT molecular complexity index is 427. The number of nitrogens with two attached hydrogens (primary N) is 1. The minimum atomic E-state index is -0.299. The molecule has 1 aromatic rings. The lowest BCUT2D eigenvalue weighted by Crippen LogP contribution is -2.44. The number of nitrogens with zero attached hydrogens (tertiary/aromatic N) is 1. The van der Waals surface area contributed by atoms with E-state index in [9.17, 15) is 0 Å². The van der Waals surface area contributed by atoms with Gasteiger partial charge in [0.15, 0.2) is 11.5 Å². The summed E-state index contributed by atoms with van der Waals surface area (Å²) in [5.41, 5.74) is 6.67. The first-order chi connectivity index (χ1) is 8.82. The molecule has 0 aliphatic carbocycles. The predicted octanol–water partition coefficient (Wildman–Crippen LogP) is 1.89. The highest BCUT2D eigenvalue weighted by Gasteiger charge is 2.19. The van der Waals surface area contributed by atoms with Crippen molar-refractivity contribution < 1.29 is 14.2 Å². The SMILES string of the molecule is COc1cc(OC)c(N(C)CC(C)(C)N)cc1OC. The summed E-state index contributed by atoms with van der Waals surface area (Å²) in [4.78, 5) is 2.04. The Balaban J connectivity index is 3.18. The molecular formula is C14H24N2O3. The molecule has 19 heavy (non-hydrogen) atoms. The number of anilines is 1. The zero-order valence-electron chi connectivity index (χ0n) is 12.6. The van der Waals surface area contributed by atoms with Crippen LogP contribution in [0.4, 0.5) is 5.69 Å². The molecule has 0 heterocycles. The molecule has 0 atom stereocenters. The summed E-state index contributed by atoms with van der Waals surface area (Å²) in [6, 6.07) is 3.71. The fraction of sp³-hybridized carbons (Fsp3) is 0.571. The molecule has 0 saturated heterocycles. The molecule has 0 bridgehead atoms. The lowest BCUT2D eigenvalue weighted by molar-refractivity contribution is 0.349. The van der Waals surface area contributed by atoms with Crippen molar-refractivity contribution in [2.75, 3.05) is 39.8 Å². The summed E-state index contributed by atoms with van der Waals surface area (Å²) in [5.74, 6) is 2.04. The van der Waals surface area contributed by atoms with Gasteiger partial charge in [-0.05, 0) is 13.8 Å². The highest BCUT2D eigenvalue weighted by Crippen LogP contribution is 2.39. The first kappa shape index (κ1) is 15.4. The Morgan fingerprint density at radius 2 is 1.47 bits per heavy atom. The van der Waals surface area contributed by atoms with Crippen molar-refractivity contribution in [3.8, 4) is 17.2 Å². The Morgan fingerprint density at radius 1 is 1.00 bits per heavy atom. The van der Waals surface area contributed by atoms with E-state index in [1.54, 1.807) is 21.3 Å². The van der Waals surface area contributed by atoms with Crippen LogP contribution in [0, 0.1) is 0 Å². The number of likely N-dealkylation sites (N-methyl/N-ethyl adjacent to an activating group) is 1. The van der Waals surface area contributed by atoms with E-state index >= 15 is 0 Å². The van der Waals surface area contributed by atoms with Gasteiger partial charge in [0.2, 0.25) is 0 Å². The summed E-state index contributed by atoms with van der Waals surface area (Å²) in [6.45, 7) is 4.66. The summed E-state index contributed by atoms with van der Waals surface area (Å²) < 4.78 is 16.0. The van der Waals surface area contributed by atoms with Crippen LogP contribution in [-0.2, 0) is 0 Å². The number of hydrogen-bond acceptors (Lipinski definition) is 5. The number of hydrogen-bond donors (Lipinski definition) is 1. The third-order valence-electron chi connectivity index (χ3n) is 2.74. The van der Waals surface area contributed by atoms with Crippen LogP contribution in [0.2, 0.25) is 0 Å². The minimum absolute atomic E-state index is 0.299. The standard InChI is InChI=1S/C14H24N2O3/c1-14(2,15)9-16(3)10-7-12(18-5)13(19-6)8-11(10)17-4/h7-8H,9,15H2,1-6H3. The fourth-order valence-corrected chi connectivity index (χ4v) is 2.01. The summed E-state index contributed by atoms with van der Waals surface area (Å²) in [7, 11) is 6.81. The van der Waals surface area contributed by atoms with Crippen LogP contribution in [0.25, 0.3) is 0 Å². The number of ether oxygens (including phenoxy) is 3. The van der Waals surface area contributed by atoms with Crippen LogP contribution in [0.15, 0.2) is 12.1 Å². The van der Waals surface area contributed by atoms with Crippen LogP contribution in [-0.4, -0.2) is 40.5 Å². The molecule has 108 valence electrons. The van der Waals surface area contributed by atoms with Gasteiger partial charge in [-0.3, -0.25) is 0 Å². The fourth-order valence-electron chi connectivity index (χ4n) is 2.01. The van der Waals surface area contributed by atoms with Crippen LogP contribution in [0.5, 0.6) is 17.2 Å². The summed E-state index contributed by atoms with van der Waals surface area (Å²) in [5, 5.41) is 0. The van der Waals surface area contributed by atoms with E-state index in [4.69, 9.17) is 19.9 Å². The lowest BCUT2D eigenvalue weighted by atomic mass is 10.1. The zero-order valence-corrected chi connectivity index (χ0v) is 12.6.